The topological polar surface area (TPSA) is 104 Å². The lowest BCUT2D eigenvalue weighted by molar-refractivity contribution is -0.137. The second-order valence-electron chi connectivity index (χ2n) is 7.67. The fourth-order valence-corrected chi connectivity index (χ4v) is 4.32. The Labute approximate surface area is 196 Å². The van der Waals surface area contributed by atoms with Gasteiger partial charge in [0.1, 0.15) is 10.8 Å². The normalized spacial score (nSPS) is 16.2. The highest BCUT2D eigenvalue weighted by molar-refractivity contribution is 7.11. The third-order valence-electron chi connectivity index (χ3n) is 5.25. The number of carbonyl (C=O) groups excluding carboxylic acids is 1. The van der Waals surface area contributed by atoms with Crippen LogP contribution >= 0.6 is 11.3 Å². The molecular weight excluding hydrogens is 475 g/mol. The molecule has 2 aromatic heterocycles. The van der Waals surface area contributed by atoms with Crippen molar-refractivity contribution in [3.8, 4) is 11.8 Å². The van der Waals surface area contributed by atoms with Gasteiger partial charge in [-0.2, -0.15) is 18.2 Å². The first-order valence-corrected chi connectivity index (χ1v) is 11.1. The van der Waals surface area contributed by atoms with Crippen LogP contribution in [0.2, 0.25) is 0 Å². The van der Waals surface area contributed by atoms with Crippen LogP contribution in [0.1, 0.15) is 32.4 Å². The minimum absolute atomic E-state index is 0.0333. The van der Waals surface area contributed by atoms with Crippen molar-refractivity contribution >= 4 is 23.1 Å². The number of imidazole rings is 1. The molecule has 1 aliphatic rings. The van der Waals surface area contributed by atoms with Crippen LogP contribution in [0.3, 0.4) is 0 Å². The van der Waals surface area contributed by atoms with Gasteiger partial charge in [-0.1, -0.05) is 0 Å². The molecule has 0 saturated heterocycles. The zero-order chi connectivity index (χ0) is 24.6. The number of halogens is 3. The molecule has 3 aromatic rings. The molecule has 1 unspecified atom stereocenters. The summed E-state index contributed by atoms with van der Waals surface area (Å²) in [5, 5.41) is 20.5. The van der Waals surface area contributed by atoms with Crippen LogP contribution in [0.25, 0.3) is 0 Å². The average Bonchev–Trinajstić information content (AvgIpc) is 3.36. The Morgan fingerprint density at radius 1 is 1.24 bits per heavy atom. The van der Waals surface area contributed by atoms with Gasteiger partial charge in [-0.05, 0) is 37.6 Å². The maximum atomic E-state index is 13.3. The maximum Gasteiger partial charge on any atom is 0.416 e. The molecule has 34 heavy (non-hydrogen) atoms. The van der Waals surface area contributed by atoms with E-state index < -0.39 is 24.0 Å². The fraction of sp³-hybridized carbons (Fsp3) is 0.381. The Morgan fingerprint density at radius 3 is 2.53 bits per heavy atom. The molecule has 182 valence electrons. The summed E-state index contributed by atoms with van der Waals surface area (Å²) in [5.41, 5.74) is -0.682. The number of benzene rings is 1. The quantitative estimate of drug-likeness (QED) is 0.517. The van der Waals surface area contributed by atoms with Gasteiger partial charge in [0.15, 0.2) is 11.5 Å². The van der Waals surface area contributed by atoms with E-state index in [9.17, 15) is 28.2 Å². The lowest BCUT2D eigenvalue weighted by Gasteiger charge is -2.38. The molecule has 1 aliphatic heterocycles. The van der Waals surface area contributed by atoms with Crippen LogP contribution in [0, 0.1) is 6.92 Å². The SMILES string of the molecule is Cc1cnc(Cn2c(Oc3ccc(C(F)(F)F)cc3)nc3c2C(=O)N(CCCO)C(O)N3C)s1. The summed E-state index contributed by atoms with van der Waals surface area (Å²) in [6.07, 6.45) is -3.84. The van der Waals surface area contributed by atoms with Crippen LogP contribution in [0.5, 0.6) is 11.8 Å². The molecule has 1 atom stereocenters. The van der Waals surface area contributed by atoms with E-state index in [1.807, 2.05) is 6.92 Å². The number of carbonyl (C=O) groups is 1. The van der Waals surface area contributed by atoms with Crippen molar-refractivity contribution in [2.75, 3.05) is 25.1 Å². The van der Waals surface area contributed by atoms with E-state index in [4.69, 9.17) is 4.74 Å². The van der Waals surface area contributed by atoms with Gasteiger partial charge in [0.25, 0.3) is 5.91 Å². The number of hydrogen-bond acceptors (Lipinski definition) is 8. The van der Waals surface area contributed by atoms with Gasteiger partial charge in [0.2, 0.25) is 6.35 Å². The Kier molecular flexibility index (Phi) is 6.51. The number of aliphatic hydroxyl groups is 2. The predicted molar refractivity (Wildman–Crippen MR) is 117 cm³/mol. The number of fused-ring (bicyclic) bond motifs is 1. The van der Waals surface area contributed by atoms with Crippen LogP contribution in [-0.2, 0) is 12.7 Å². The Hall–Kier alpha value is -3.16. The molecule has 0 aliphatic carbocycles. The van der Waals surface area contributed by atoms with Crippen LogP contribution in [0.4, 0.5) is 19.0 Å². The molecule has 0 saturated carbocycles. The number of thiazole rings is 1. The van der Waals surface area contributed by atoms with Crippen molar-refractivity contribution in [3.63, 3.8) is 0 Å². The van der Waals surface area contributed by atoms with E-state index in [0.717, 1.165) is 17.0 Å². The Balaban J connectivity index is 1.75. The lowest BCUT2D eigenvalue weighted by Crippen LogP contribution is -2.54. The summed E-state index contributed by atoms with van der Waals surface area (Å²) in [7, 11) is 1.55. The number of nitrogens with zero attached hydrogens (tertiary/aromatic N) is 5. The van der Waals surface area contributed by atoms with E-state index in [-0.39, 0.29) is 49.4 Å². The number of aromatic nitrogens is 3. The molecule has 3 heterocycles. The molecule has 9 nitrogen and oxygen atoms in total. The van der Waals surface area contributed by atoms with E-state index in [0.29, 0.717) is 5.01 Å². The van der Waals surface area contributed by atoms with Gasteiger partial charge in [0, 0.05) is 31.3 Å². The van der Waals surface area contributed by atoms with E-state index >= 15 is 0 Å². The minimum atomic E-state index is -4.48. The smallest absolute Gasteiger partial charge is 0.416 e. The highest BCUT2D eigenvalue weighted by Crippen LogP contribution is 2.36. The average molecular weight is 497 g/mol. The molecular formula is C21H22F3N5O4S. The second-order valence-corrected chi connectivity index (χ2v) is 8.99. The summed E-state index contributed by atoms with van der Waals surface area (Å²) >= 11 is 1.41. The molecule has 1 aromatic carbocycles. The number of aryl methyl sites for hydroxylation is 1. The van der Waals surface area contributed by atoms with Crippen LogP contribution < -0.4 is 9.64 Å². The van der Waals surface area contributed by atoms with Crippen molar-refractivity contribution in [2.24, 2.45) is 0 Å². The largest absolute Gasteiger partial charge is 0.425 e. The number of amides is 1. The third-order valence-corrected chi connectivity index (χ3v) is 6.14. The Bertz CT molecular complexity index is 1180. The molecule has 0 fully saturated rings. The van der Waals surface area contributed by atoms with Gasteiger partial charge in [-0.25, -0.2) is 4.98 Å². The number of hydrogen-bond donors (Lipinski definition) is 2. The van der Waals surface area contributed by atoms with Gasteiger partial charge >= 0.3 is 12.2 Å². The summed E-state index contributed by atoms with van der Waals surface area (Å²) in [5.74, 6) is -0.260. The minimum Gasteiger partial charge on any atom is -0.425 e. The van der Waals surface area contributed by atoms with Crippen molar-refractivity contribution in [2.45, 2.75) is 32.4 Å². The molecule has 1 amide bonds. The van der Waals surface area contributed by atoms with E-state index in [1.165, 1.54) is 37.8 Å². The number of ether oxygens (including phenoxy) is 1. The molecule has 0 radical (unpaired) electrons. The third kappa shape index (κ3) is 4.58. The van der Waals surface area contributed by atoms with Crippen LogP contribution in [0.15, 0.2) is 30.5 Å². The molecule has 0 bridgehead atoms. The summed E-state index contributed by atoms with van der Waals surface area (Å²) in [4.78, 5) is 25.6. The maximum absolute atomic E-state index is 13.3. The molecule has 2 N–H and O–H groups in total. The number of rotatable bonds is 7. The fourth-order valence-electron chi connectivity index (χ4n) is 3.55. The molecule has 0 spiro atoms. The van der Waals surface area contributed by atoms with E-state index in [2.05, 4.69) is 9.97 Å². The predicted octanol–water partition coefficient (Wildman–Crippen LogP) is 3.06. The van der Waals surface area contributed by atoms with Gasteiger partial charge in [0.05, 0.1) is 12.1 Å². The zero-order valence-electron chi connectivity index (χ0n) is 18.3. The molecule has 4 rings (SSSR count). The number of anilines is 1. The first-order chi connectivity index (χ1) is 16.1. The van der Waals surface area contributed by atoms with E-state index in [1.54, 1.807) is 13.2 Å². The van der Waals surface area contributed by atoms with Gasteiger partial charge < -0.3 is 19.8 Å². The standard InChI is InChI=1S/C21H22F3N5O4S/c1-12-10-25-15(34-12)11-29-16-17(27(2)20(32)28(18(16)31)8-3-9-30)26-19(29)33-14-6-4-13(5-7-14)21(22,23)24/h4-7,10,20,30,32H,3,8-9,11H2,1-2H3. The lowest BCUT2D eigenvalue weighted by atomic mass is 10.2. The monoisotopic (exact) mass is 497 g/mol. The van der Waals surface area contributed by atoms with Gasteiger partial charge in [-0.3, -0.25) is 14.3 Å². The first kappa shape index (κ1) is 24.0. The Morgan fingerprint density at radius 2 is 1.94 bits per heavy atom. The number of aliphatic hydroxyl groups excluding tert-OH is 2. The van der Waals surface area contributed by atoms with Crippen molar-refractivity contribution in [1.29, 1.82) is 0 Å². The summed E-state index contributed by atoms with van der Waals surface area (Å²) in [6, 6.07) is 4.09. The van der Waals surface area contributed by atoms with Crippen molar-refractivity contribution < 1.29 is 32.9 Å². The number of alkyl halides is 3. The first-order valence-electron chi connectivity index (χ1n) is 10.3. The summed E-state index contributed by atoms with van der Waals surface area (Å²) < 4.78 is 46.0. The highest BCUT2D eigenvalue weighted by atomic mass is 32.1. The highest BCUT2D eigenvalue weighted by Gasteiger charge is 2.40. The van der Waals surface area contributed by atoms with Crippen molar-refractivity contribution in [3.05, 3.63) is 51.6 Å². The van der Waals surface area contributed by atoms with Gasteiger partial charge in [-0.15, -0.1) is 11.3 Å². The second kappa shape index (κ2) is 9.24. The van der Waals surface area contributed by atoms with Crippen molar-refractivity contribution in [1.82, 2.24) is 19.4 Å². The van der Waals surface area contributed by atoms with Crippen LogP contribution in [-0.4, -0.2) is 62.1 Å². The summed E-state index contributed by atoms with van der Waals surface area (Å²) in [6.45, 7) is 1.96. The zero-order valence-corrected chi connectivity index (χ0v) is 19.1. The molecule has 13 heteroatoms.